The van der Waals surface area contributed by atoms with E-state index in [1.807, 2.05) is 30.3 Å². The highest BCUT2D eigenvalue weighted by Gasteiger charge is 2.31. The maximum atomic E-state index is 12.8. The lowest BCUT2D eigenvalue weighted by molar-refractivity contribution is -0.125. The topological polar surface area (TPSA) is 86.3 Å². The Labute approximate surface area is 204 Å². The number of nitrogens with zero attached hydrogens (tertiary/aromatic N) is 1. The largest absolute Gasteiger partial charge is 0.497 e. The van der Waals surface area contributed by atoms with Crippen molar-refractivity contribution in [3.63, 3.8) is 0 Å². The zero-order valence-electron chi connectivity index (χ0n) is 19.7. The van der Waals surface area contributed by atoms with Crippen molar-refractivity contribution < 1.29 is 28.5 Å². The van der Waals surface area contributed by atoms with Gasteiger partial charge in [-0.15, -0.1) is 0 Å². The Kier molecular flexibility index (Phi) is 7.72. The van der Waals surface area contributed by atoms with Gasteiger partial charge in [-0.25, -0.2) is 0 Å². The molecule has 35 heavy (non-hydrogen) atoms. The van der Waals surface area contributed by atoms with Crippen molar-refractivity contribution in [1.82, 2.24) is 0 Å². The van der Waals surface area contributed by atoms with E-state index in [1.165, 1.54) is 0 Å². The summed E-state index contributed by atoms with van der Waals surface area (Å²) in [5.74, 6) is 2.09. The summed E-state index contributed by atoms with van der Waals surface area (Å²) in [5, 5.41) is 2.81. The van der Waals surface area contributed by atoms with Crippen LogP contribution in [-0.4, -0.2) is 44.8 Å². The van der Waals surface area contributed by atoms with Gasteiger partial charge in [0.15, 0.2) is 12.7 Å². The number of hydrogen-bond donors (Lipinski definition) is 1. The predicted octanol–water partition coefficient (Wildman–Crippen LogP) is 4.30. The molecule has 0 fully saturated rings. The van der Waals surface area contributed by atoms with Crippen molar-refractivity contribution in [2.24, 2.45) is 0 Å². The minimum atomic E-state index is -0.589. The van der Waals surface area contributed by atoms with Gasteiger partial charge in [0.2, 0.25) is 0 Å². The highest BCUT2D eigenvalue weighted by molar-refractivity contribution is 6.01. The van der Waals surface area contributed by atoms with Crippen LogP contribution in [0, 0.1) is 0 Å². The first-order valence-electron chi connectivity index (χ1n) is 11.4. The molecule has 0 bridgehead atoms. The van der Waals surface area contributed by atoms with Gasteiger partial charge in [0, 0.05) is 18.3 Å². The molecular formula is C27H28N2O6. The number of nitrogens with one attached hydrogen (secondary N) is 1. The number of methoxy groups -OCH3 is 1. The maximum Gasteiger partial charge on any atom is 0.267 e. The molecule has 1 aliphatic heterocycles. The summed E-state index contributed by atoms with van der Waals surface area (Å²) < 4.78 is 22.2. The zero-order chi connectivity index (χ0) is 24.6. The van der Waals surface area contributed by atoms with Gasteiger partial charge < -0.3 is 29.2 Å². The Bertz CT molecular complexity index is 1170. The fourth-order valence-corrected chi connectivity index (χ4v) is 3.68. The van der Waals surface area contributed by atoms with E-state index < -0.39 is 6.10 Å². The number of carbonyl (C=O) groups excluding carboxylic acids is 2. The average Bonchev–Trinajstić information content (AvgIpc) is 2.88. The normalized spacial score (nSPS) is 14.5. The molecule has 1 unspecified atom stereocenters. The number of para-hydroxylation sites is 1. The summed E-state index contributed by atoms with van der Waals surface area (Å²) >= 11 is 0. The molecule has 0 spiro atoms. The van der Waals surface area contributed by atoms with E-state index in [-0.39, 0.29) is 18.4 Å². The van der Waals surface area contributed by atoms with Gasteiger partial charge in [0.25, 0.3) is 11.8 Å². The van der Waals surface area contributed by atoms with E-state index in [1.54, 1.807) is 61.4 Å². The second kappa shape index (κ2) is 11.3. The van der Waals surface area contributed by atoms with Gasteiger partial charge in [0.05, 0.1) is 19.4 Å². The molecule has 182 valence electrons. The van der Waals surface area contributed by atoms with Crippen LogP contribution < -0.4 is 29.2 Å². The van der Waals surface area contributed by atoms with Crippen LogP contribution in [0.3, 0.4) is 0 Å². The van der Waals surface area contributed by atoms with E-state index in [4.69, 9.17) is 18.9 Å². The van der Waals surface area contributed by atoms with E-state index >= 15 is 0 Å². The van der Waals surface area contributed by atoms with E-state index in [0.717, 1.165) is 5.75 Å². The lowest BCUT2D eigenvalue weighted by atomic mass is 10.1. The first-order chi connectivity index (χ1) is 17.0. The number of amides is 2. The van der Waals surface area contributed by atoms with Gasteiger partial charge >= 0.3 is 0 Å². The van der Waals surface area contributed by atoms with Gasteiger partial charge in [-0.05, 0) is 55.8 Å². The van der Waals surface area contributed by atoms with Crippen LogP contribution in [0.15, 0.2) is 72.8 Å². The number of carbonyl (C=O) groups is 2. The Morgan fingerprint density at radius 1 is 0.971 bits per heavy atom. The number of benzene rings is 3. The van der Waals surface area contributed by atoms with Crippen LogP contribution in [0.2, 0.25) is 0 Å². The quantitative estimate of drug-likeness (QED) is 0.439. The third-order valence-electron chi connectivity index (χ3n) is 5.40. The third-order valence-corrected chi connectivity index (χ3v) is 5.40. The molecule has 4 rings (SSSR count). The number of ether oxygens (including phenoxy) is 4. The lowest BCUT2D eigenvalue weighted by Gasteiger charge is -2.33. The molecule has 0 saturated heterocycles. The minimum Gasteiger partial charge on any atom is -0.497 e. The van der Waals surface area contributed by atoms with Crippen molar-refractivity contribution in [3.8, 4) is 23.0 Å². The SMILES string of the molecule is COc1cccc(OCC(=O)Nc2ccc3c(c2)N(CCCOc2ccccc2)C(=O)C(C)O3)c1. The van der Waals surface area contributed by atoms with Crippen molar-refractivity contribution in [3.05, 3.63) is 72.8 Å². The average molecular weight is 477 g/mol. The molecule has 8 heteroatoms. The fraction of sp³-hybridized carbons (Fsp3) is 0.259. The Morgan fingerprint density at radius 3 is 2.54 bits per heavy atom. The van der Waals surface area contributed by atoms with Gasteiger partial charge in [-0.2, -0.15) is 0 Å². The van der Waals surface area contributed by atoms with Crippen molar-refractivity contribution >= 4 is 23.2 Å². The third kappa shape index (κ3) is 6.23. The standard InChI is InChI=1S/C27H28N2O6/c1-19-27(31)29(14-7-15-33-21-8-4-3-5-9-21)24-16-20(12-13-25(24)35-19)28-26(30)18-34-23-11-6-10-22(17-23)32-2/h3-6,8-13,16-17,19H,7,14-15,18H2,1-2H3,(H,28,30). The van der Waals surface area contributed by atoms with E-state index in [2.05, 4.69) is 5.32 Å². The van der Waals surface area contributed by atoms with Crippen LogP contribution in [0.25, 0.3) is 0 Å². The summed E-state index contributed by atoms with van der Waals surface area (Å²) in [6, 6.07) is 21.8. The molecular weight excluding hydrogens is 448 g/mol. The molecule has 3 aromatic carbocycles. The molecule has 3 aromatic rings. The molecule has 0 saturated carbocycles. The highest BCUT2D eigenvalue weighted by Crippen LogP contribution is 2.36. The number of rotatable bonds is 10. The monoisotopic (exact) mass is 476 g/mol. The first-order valence-corrected chi connectivity index (χ1v) is 11.4. The summed E-state index contributed by atoms with van der Waals surface area (Å²) in [6.07, 6.45) is 0.0480. The van der Waals surface area contributed by atoms with Crippen LogP contribution in [0.4, 0.5) is 11.4 Å². The Balaban J connectivity index is 1.37. The molecule has 8 nitrogen and oxygen atoms in total. The van der Waals surface area contributed by atoms with Gasteiger partial charge in [-0.3, -0.25) is 9.59 Å². The summed E-state index contributed by atoms with van der Waals surface area (Å²) in [5.41, 5.74) is 1.15. The van der Waals surface area contributed by atoms with Crippen LogP contribution in [0.5, 0.6) is 23.0 Å². The Hall–Kier alpha value is -4.20. The predicted molar refractivity (Wildman–Crippen MR) is 133 cm³/mol. The number of anilines is 2. The summed E-state index contributed by atoms with van der Waals surface area (Å²) in [6.45, 7) is 2.49. The smallest absolute Gasteiger partial charge is 0.267 e. The molecule has 1 heterocycles. The molecule has 1 N–H and O–H groups in total. The number of hydrogen-bond acceptors (Lipinski definition) is 6. The molecule has 1 aliphatic rings. The summed E-state index contributed by atoms with van der Waals surface area (Å²) in [7, 11) is 1.57. The second-order valence-corrected chi connectivity index (χ2v) is 7.96. The number of fused-ring (bicyclic) bond motifs is 1. The van der Waals surface area contributed by atoms with Crippen molar-refractivity contribution in [2.45, 2.75) is 19.4 Å². The van der Waals surface area contributed by atoms with E-state index in [0.29, 0.717) is 48.2 Å². The first kappa shape index (κ1) is 23.9. The van der Waals surface area contributed by atoms with Crippen molar-refractivity contribution in [1.29, 1.82) is 0 Å². The van der Waals surface area contributed by atoms with Crippen molar-refractivity contribution in [2.75, 3.05) is 37.1 Å². The van der Waals surface area contributed by atoms with Crippen LogP contribution in [0.1, 0.15) is 13.3 Å². The fourth-order valence-electron chi connectivity index (χ4n) is 3.68. The molecule has 0 radical (unpaired) electrons. The zero-order valence-corrected chi connectivity index (χ0v) is 19.7. The summed E-state index contributed by atoms with van der Waals surface area (Å²) in [4.78, 5) is 27.0. The molecule has 2 amide bonds. The van der Waals surface area contributed by atoms with Gasteiger partial charge in [0.1, 0.15) is 23.0 Å². The highest BCUT2D eigenvalue weighted by atomic mass is 16.5. The Morgan fingerprint density at radius 2 is 1.74 bits per heavy atom. The maximum absolute atomic E-state index is 12.8. The van der Waals surface area contributed by atoms with Gasteiger partial charge in [-0.1, -0.05) is 24.3 Å². The minimum absolute atomic E-state index is 0.137. The lowest BCUT2D eigenvalue weighted by Crippen LogP contribution is -2.45. The van der Waals surface area contributed by atoms with Crippen LogP contribution in [-0.2, 0) is 9.59 Å². The molecule has 0 aromatic heterocycles. The van der Waals surface area contributed by atoms with Crippen LogP contribution >= 0.6 is 0 Å². The molecule has 1 atom stereocenters. The van der Waals surface area contributed by atoms with E-state index in [9.17, 15) is 9.59 Å². The molecule has 0 aliphatic carbocycles. The second-order valence-electron chi connectivity index (χ2n) is 7.96.